The lowest BCUT2D eigenvalue weighted by Gasteiger charge is -2.20. The second-order valence-corrected chi connectivity index (χ2v) is 9.62. The van der Waals surface area contributed by atoms with Crippen LogP contribution in [0.15, 0.2) is 77.7 Å². The molecule has 3 rings (SSSR count). The average molecular weight is 370 g/mol. The van der Waals surface area contributed by atoms with Crippen LogP contribution in [-0.2, 0) is 10.1 Å². The molecule has 5 heteroatoms. The van der Waals surface area contributed by atoms with Crippen LogP contribution in [0.4, 0.5) is 0 Å². The molecule has 3 aromatic carbocycles. The molecule has 0 bridgehead atoms. The molecule has 3 aromatic rings. The molecule has 0 spiro atoms. The molecule has 0 aliphatic heterocycles. The lowest BCUT2D eigenvalue weighted by molar-refractivity contribution is 0.483. The summed E-state index contributed by atoms with van der Waals surface area (Å²) in [4.78, 5) is -0.0725. The minimum Gasteiger partial charge on any atom is -0.282 e. The van der Waals surface area contributed by atoms with E-state index in [1.54, 1.807) is 12.1 Å². The molecule has 0 radical (unpaired) electrons. The summed E-state index contributed by atoms with van der Waals surface area (Å²) in [6, 6.07) is 23.2. The van der Waals surface area contributed by atoms with Gasteiger partial charge in [0, 0.05) is 0 Å². The molecule has 0 aliphatic carbocycles. The van der Waals surface area contributed by atoms with Gasteiger partial charge in [-0.3, -0.25) is 4.55 Å². The normalized spacial score (nSPS) is 11.7. The molecule has 3 nitrogen and oxygen atoms in total. The first-order chi connectivity index (χ1) is 11.8. The van der Waals surface area contributed by atoms with Gasteiger partial charge in [-0.15, -0.1) is 0 Å². The van der Waals surface area contributed by atoms with E-state index >= 15 is 0 Å². The Morgan fingerprint density at radius 1 is 0.720 bits per heavy atom. The summed E-state index contributed by atoms with van der Waals surface area (Å²) in [7, 11) is -5.14. The Labute approximate surface area is 149 Å². The zero-order chi connectivity index (χ0) is 18.0. The number of hydrogen-bond acceptors (Lipinski definition) is 2. The van der Waals surface area contributed by atoms with Gasteiger partial charge < -0.3 is 0 Å². The first-order valence-electron chi connectivity index (χ1n) is 7.85. The van der Waals surface area contributed by atoms with E-state index in [0.29, 0.717) is 0 Å². The third-order valence-electron chi connectivity index (χ3n) is 3.96. The van der Waals surface area contributed by atoms with Gasteiger partial charge in [-0.1, -0.05) is 71.8 Å². The molecule has 0 aromatic heterocycles. The lowest BCUT2D eigenvalue weighted by Crippen LogP contribution is -2.21. The molecule has 0 amide bonds. The fourth-order valence-corrected chi connectivity index (χ4v) is 5.52. The molecule has 0 saturated carbocycles. The Morgan fingerprint density at radius 3 is 1.64 bits per heavy atom. The van der Waals surface area contributed by atoms with Crippen LogP contribution in [0.2, 0.25) is 0 Å². The van der Waals surface area contributed by atoms with E-state index in [9.17, 15) is 13.0 Å². The molecule has 25 heavy (non-hydrogen) atoms. The summed E-state index contributed by atoms with van der Waals surface area (Å²) in [5.74, 6) is 0. The number of benzene rings is 3. The molecule has 0 atom stereocenters. The molecule has 0 aliphatic rings. The first kappa shape index (κ1) is 17.8. The third kappa shape index (κ3) is 4.16. The van der Waals surface area contributed by atoms with Gasteiger partial charge in [0.05, 0.1) is 4.90 Å². The van der Waals surface area contributed by atoms with Gasteiger partial charge in [0.2, 0.25) is 0 Å². The van der Waals surface area contributed by atoms with Crippen molar-refractivity contribution in [1.29, 1.82) is 0 Å². The van der Waals surface area contributed by atoms with E-state index in [1.165, 1.54) is 17.2 Å². The van der Waals surface area contributed by atoms with Gasteiger partial charge in [0.1, 0.15) is 0 Å². The molecular weight excluding hydrogens is 351 g/mol. The van der Waals surface area contributed by atoms with E-state index in [-0.39, 0.29) is 4.90 Å². The van der Waals surface area contributed by atoms with Gasteiger partial charge in [-0.25, -0.2) is 0 Å². The minimum absolute atomic E-state index is 0.0725. The molecule has 0 saturated heterocycles. The van der Waals surface area contributed by atoms with E-state index in [1.807, 2.05) is 19.9 Å². The van der Waals surface area contributed by atoms with Crippen molar-refractivity contribution in [3.05, 3.63) is 83.9 Å². The summed E-state index contributed by atoms with van der Waals surface area (Å²) in [6.45, 7) is 4.08. The molecular formula is C20H19O3PS. The van der Waals surface area contributed by atoms with Crippen molar-refractivity contribution in [2.24, 2.45) is 0 Å². The fourth-order valence-electron chi connectivity index (χ4n) is 2.62. The van der Waals surface area contributed by atoms with Crippen molar-refractivity contribution in [1.82, 2.24) is 0 Å². The van der Waals surface area contributed by atoms with Crippen molar-refractivity contribution in [3.8, 4) is 0 Å². The van der Waals surface area contributed by atoms with Gasteiger partial charge in [0.15, 0.2) is 0 Å². The highest BCUT2D eigenvalue weighted by Crippen LogP contribution is 2.33. The van der Waals surface area contributed by atoms with Crippen molar-refractivity contribution in [2.45, 2.75) is 18.7 Å². The zero-order valence-electron chi connectivity index (χ0n) is 14.0. The predicted molar refractivity (Wildman–Crippen MR) is 104 cm³/mol. The Kier molecular flexibility index (Phi) is 5.05. The number of rotatable bonds is 4. The number of aryl methyl sites for hydroxylation is 2. The van der Waals surface area contributed by atoms with Gasteiger partial charge in [-0.05, 0) is 49.8 Å². The van der Waals surface area contributed by atoms with Crippen LogP contribution in [0, 0.1) is 13.8 Å². The topological polar surface area (TPSA) is 54.4 Å². The van der Waals surface area contributed by atoms with E-state index < -0.39 is 18.0 Å². The van der Waals surface area contributed by atoms with Crippen LogP contribution in [-0.4, -0.2) is 13.0 Å². The maximum Gasteiger partial charge on any atom is 0.294 e. The van der Waals surface area contributed by atoms with Crippen molar-refractivity contribution >= 4 is 34.0 Å². The molecule has 1 N–H and O–H groups in total. The van der Waals surface area contributed by atoms with Crippen LogP contribution in [0.25, 0.3) is 0 Å². The predicted octanol–water partition coefficient (Wildman–Crippen LogP) is 3.31. The summed E-state index contributed by atoms with van der Waals surface area (Å²) in [5.41, 5.74) is 2.35. The van der Waals surface area contributed by atoms with Crippen molar-refractivity contribution in [2.75, 3.05) is 0 Å². The van der Waals surface area contributed by atoms with Crippen LogP contribution >= 0.6 is 7.92 Å². The Hall–Kier alpha value is -2.00. The van der Waals surface area contributed by atoms with Crippen molar-refractivity contribution in [3.63, 3.8) is 0 Å². The summed E-state index contributed by atoms with van der Waals surface area (Å²) < 4.78 is 32.5. The van der Waals surface area contributed by atoms with Crippen LogP contribution in [0.5, 0.6) is 0 Å². The molecule has 0 unspecified atom stereocenters. The summed E-state index contributed by atoms with van der Waals surface area (Å²) in [6.07, 6.45) is 0. The largest absolute Gasteiger partial charge is 0.294 e. The van der Waals surface area contributed by atoms with E-state index in [0.717, 1.165) is 15.9 Å². The Morgan fingerprint density at radius 2 is 1.20 bits per heavy atom. The Bertz CT molecular complexity index is 933. The monoisotopic (exact) mass is 370 g/mol. The van der Waals surface area contributed by atoms with E-state index in [4.69, 9.17) is 0 Å². The van der Waals surface area contributed by atoms with Crippen LogP contribution < -0.4 is 15.9 Å². The summed E-state index contributed by atoms with van der Waals surface area (Å²) >= 11 is 0. The number of hydrogen-bond donors (Lipinski definition) is 1. The second kappa shape index (κ2) is 7.09. The SMILES string of the molecule is Cc1ccc(P(c2ccc(C)cc2)c2cccc(S(=O)(=O)O)c2)cc1. The van der Waals surface area contributed by atoms with E-state index in [2.05, 4.69) is 48.5 Å². The standard InChI is InChI=1S/C20H19O3PS/c1-15-6-10-17(11-7-15)24(18-12-8-16(2)9-13-18)19-4-3-5-20(14-19)25(21,22)23/h3-14H,1-2H3,(H,21,22,23). The fraction of sp³-hybridized carbons (Fsp3) is 0.100. The molecule has 128 valence electrons. The zero-order valence-corrected chi connectivity index (χ0v) is 15.8. The summed E-state index contributed by atoms with van der Waals surface area (Å²) in [5, 5.41) is 3.16. The first-order valence-corrected chi connectivity index (χ1v) is 10.6. The maximum absolute atomic E-state index is 11.5. The highest BCUT2D eigenvalue weighted by atomic mass is 32.2. The van der Waals surface area contributed by atoms with Crippen LogP contribution in [0.3, 0.4) is 0 Å². The smallest absolute Gasteiger partial charge is 0.282 e. The van der Waals surface area contributed by atoms with Crippen LogP contribution in [0.1, 0.15) is 11.1 Å². The minimum atomic E-state index is -4.23. The van der Waals surface area contributed by atoms with Crippen molar-refractivity contribution < 1.29 is 13.0 Å². The Balaban J connectivity index is 2.17. The molecule has 0 fully saturated rings. The van der Waals surface area contributed by atoms with Gasteiger partial charge >= 0.3 is 0 Å². The lowest BCUT2D eigenvalue weighted by atomic mass is 10.2. The molecule has 0 heterocycles. The highest BCUT2D eigenvalue weighted by Gasteiger charge is 2.19. The van der Waals surface area contributed by atoms with Gasteiger partial charge in [-0.2, -0.15) is 8.42 Å². The average Bonchev–Trinajstić information content (AvgIpc) is 2.58. The highest BCUT2D eigenvalue weighted by molar-refractivity contribution is 7.86. The van der Waals surface area contributed by atoms with Gasteiger partial charge in [0.25, 0.3) is 10.1 Å². The quantitative estimate of drug-likeness (QED) is 0.566. The maximum atomic E-state index is 11.5. The second-order valence-electron chi connectivity index (χ2n) is 5.98. The third-order valence-corrected chi connectivity index (χ3v) is 7.23.